The van der Waals surface area contributed by atoms with Crippen molar-refractivity contribution >= 4 is 46.2 Å². The first-order valence-corrected chi connectivity index (χ1v) is 14.2. The smallest absolute Gasteiger partial charge is 0.324 e. The molecule has 3 aliphatic rings. The first kappa shape index (κ1) is 26.0. The summed E-state index contributed by atoms with van der Waals surface area (Å²) < 4.78 is 0. The Morgan fingerprint density at radius 3 is 1.98 bits per heavy atom. The van der Waals surface area contributed by atoms with E-state index in [1.807, 2.05) is 24.4 Å². The largest absolute Gasteiger partial charge is 0.504 e. The van der Waals surface area contributed by atoms with E-state index in [4.69, 9.17) is 0 Å². The minimum Gasteiger partial charge on any atom is -0.504 e. The van der Waals surface area contributed by atoms with Crippen molar-refractivity contribution in [3.05, 3.63) is 140 Å². The molecular weight excluding hydrogens is 618 g/mol. The molecule has 0 bridgehead atoms. The molecule has 0 spiro atoms. The second kappa shape index (κ2) is 9.99. The van der Waals surface area contributed by atoms with E-state index in [9.17, 15) is 0 Å². The average Bonchev–Trinajstić information content (AvgIpc) is 3.40. The Kier molecular flexibility index (Phi) is 6.05. The predicted molar refractivity (Wildman–Crippen MR) is 173 cm³/mol. The topological polar surface area (TPSA) is 22.6 Å². The zero-order valence-corrected chi connectivity index (χ0v) is 24.9. The second-order valence-electron chi connectivity index (χ2n) is 11.0. The number of aromatic nitrogens is 1. The Morgan fingerprint density at radius 2 is 1.26 bits per heavy atom. The van der Waals surface area contributed by atoms with Gasteiger partial charge in [0.1, 0.15) is 0 Å². The molecule has 6 aromatic rings. The first-order valence-electron chi connectivity index (χ1n) is 14.2. The number of benzene rings is 5. The van der Waals surface area contributed by atoms with Crippen molar-refractivity contribution in [1.82, 2.24) is 4.98 Å². The zero-order valence-electron chi connectivity index (χ0n) is 23.3. The number of anilines is 5. The van der Waals surface area contributed by atoms with Crippen molar-refractivity contribution < 1.29 is 20.4 Å². The van der Waals surface area contributed by atoms with E-state index in [1.165, 1.54) is 38.9 Å². The third-order valence-corrected chi connectivity index (χ3v) is 8.68. The van der Waals surface area contributed by atoms with E-state index >= 15 is 0 Å². The van der Waals surface area contributed by atoms with Crippen molar-refractivity contribution in [2.45, 2.75) is 0 Å². The van der Waals surface area contributed by atoms with Crippen molar-refractivity contribution in [3.8, 4) is 33.5 Å². The molecule has 0 saturated heterocycles. The molecule has 9 rings (SSSR count). The number of hydrogen-bond acceptors (Lipinski definition) is 4. The third kappa shape index (κ3) is 3.84. The molecule has 5 aromatic carbocycles. The summed E-state index contributed by atoms with van der Waals surface area (Å²) >= 11 is 0. The van der Waals surface area contributed by atoms with Crippen LogP contribution in [0.25, 0.3) is 33.5 Å². The van der Waals surface area contributed by atoms with Gasteiger partial charge in [0.25, 0.3) is 0 Å². The Bertz CT molecular complexity index is 2030. The molecule has 0 N–H and O–H groups in total. The van der Waals surface area contributed by atoms with Crippen LogP contribution in [0.3, 0.4) is 0 Å². The van der Waals surface area contributed by atoms with E-state index in [0.717, 1.165) is 34.0 Å². The molecule has 0 fully saturated rings. The van der Waals surface area contributed by atoms with Crippen molar-refractivity contribution in [1.29, 1.82) is 0 Å². The standard InChI is InChI=1S/C37H24BN4.Pd/c1-40-24-41(35-16-7-6-15-34(35)40)26-18-20-30-28-11-3-5-13-32(28)38-31-12-4-2-10-27(31)29-19-17-25(33-14-8-9-21-39-33)22-36(29)42(38)37(30)23-26;/h2-21,24H,1H3;/q-3;. The quantitative estimate of drug-likeness (QED) is 0.151. The number of para-hydroxylation sites is 2. The fraction of sp³-hybridized carbons (Fsp3) is 0.0270. The summed E-state index contributed by atoms with van der Waals surface area (Å²) in [7, 11) is 2.09. The van der Waals surface area contributed by atoms with Crippen LogP contribution < -0.4 is 25.5 Å². The second-order valence-corrected chi connectivity index (χ2v) is 11.0. The van der Waals surface area contributed by atoms with Crippen LogP contribution in [-0.4, -0.2) is 18.9 Å². The summed E-state index contributed by atoms with van der Waals surface area (Å²) in [5.41, 5.74) is 14.8. The summed E-state index contributed by atoms with van der Waals surface area (Å²) in [5, 5.41) is 0. The molecule has 3 aliphatic heterocycles. The Morgan fingerprint density at radius 1 is 0.628 bits per heavy atom. The van der Waals surface area contributed by atoms with Crippen molar-refractivity contribution in [2.75, 3.05) is 21.7 Å². The van der Waals surface area contributed by atoms with Gasteiger partial charge >= 0.3 is 6.85 Å². The minimum atomic E-state index is -0.00310. The van der Waals surface area contributed by atoms with Crippen LogP contribution in [0, 0.1) is 18.8 Å². The van der Waals surface area contributed by atoms with Crippen LogP contribution in [0.5, 0.6) is 0 Å². The average molecular weight is 642 g/mol. The number of fused-ring (bicyclic) bond motifs is 12. The van der Waals surface area contributed by atoms with E-state index in [2.05, 4.69) is 143 Å². The van der Waals surface area contributed by atoms with Crippen LogP contribution in [0.2, 0.25) is 0 Å². The van der Waals surface area contributed by atoms with Gasteiger partial charge in [0, 0.05) is 38.0 Å². The van der Waals surface area contributed by atoms with Gasteiger partial charge in [-0.2, -0.15) is 12.7 Å². The Hall–Kier alpha value is -4.62. The van der Waals surface area contributed by atoms with E-state index in [0.29, 0.717) is 0 Å². The van der Waals surface area contributed by atoms with Crippen LogP contribution >= 0.6 is 0 Å². The number of pyridine rings is 1. The normalized spacial score (nSPS) is 13.7. The molecule has 0 radical (unpaired) electrons. The summed E-state index contributed by atoms with van der Waals surface area (Å²) in [4.78, 5) is 11.5. The van der Waals surface area contributed by atoms with E-state index < -0.39 is 0 Å². The zero-order chi connectivity index (χ0) is 27.8. The fourth-order valence-corrected chi connectivity index (χ4v) is 6.81. The summed E-state index contributed by atoms with van der Waals surface area (Å²) in [5.74, 6) is 0. The maximum atomic E-state index is 4.65. The molecule has 0 unspecified atom stereocenters. The van der Waals surface area contributed by atoms with Crippen molar-refractivity contribution in [2.24, 2.45) is 0 Å². The van der Waals surface area contributed by atoms with Gasteiger partial charge in [-0.3, -0.25) is 0 Å². The molecule has 0 atom stereocenters. The molecule has 208 valence electrons. The van der Waals surface area contributed by atoms with Gasteiger partial charge in [0.2, 0.25) is 0 Å². The van der Waals surface area contributed by atoms with Gasteiger partial charge < -0.3 is 19.6 Å². The van der Waals surface area contributed by atoms with Crippen LogP contribution in [-0.2, 0) is 20.4 Å². The van der Waals surface area contributed by atoms with Gasteiger partial charge in [-0.05, 0) is 30.9 Å². The molecular formula is C37H24BN4Pd-3. The van der Waals surface area contributed by atoms with Crippen molar-refractivity contribution in [3.63, 3.8) is 0 Å². The maximum absolute atomic E-state index is 4.65. The Labute approximate surface area is 266 Å². The number of hydrogen-bond donors (Lipinski definition) is 0. The molecule has 6 heteroatoms. The number of rotatable bonds is 2. The van der Waals surface area contributed by atoms with Crippen LogP contribution in [0.1, 0.15) is 0 Å². The summed E-state index contributed by atoms with van der Waals surface area (Å²) in [6.45, 7) is 2.14. The predicted octanol–water partition coefficient (Wildman–Crippen LogP) is 6.96. The summed E-state index contributed by atoms with van der Waals surface area (Å²) in [6.07, 6.45) is 1.84. The molecule has 0 aliphatic carbocycles. The molecule has 4 heterocycles. The van der Waals surface area contributed by atoms with Gasteiger partial charge in [0.15, 0.2) is 0 Å². The van der Waals surface area contributed by atoms with Gasteiger partial charge in [-0.15, -0.1) is 47.1 Å². The third-order valence-electron chi connectivity index (χ3n) is 8.68. The molecule has 4 nitrogen and oxygen atoms in total. The van der Waals surface area contributed by atoms with Gasteiger partial charge in [0.05, 0.1) is 0 Å². The molecule has 43 heavy (non-hydrogen) atoms. The molecule has 0 saturated carbocycles. The molecule has 1 aromatic heterocycles. The number of nitrogens with zero attached hydrogens (tertiary/aromatic N) is 4. The maximum Gasteiger partial charge on any atom is 0.324 e. The fourth-order valence-electron chi connectivity index (χ4n) is 6.81. The van der Waals surface area contributed by atoms with E-state index in [1.54, 1.807) is 0 Å². The van der Waals surface area contributed by atoms with Crippen LogP contribution in [0.4, 0.5) is 28.4 Å². The van der Waals surface area contributed by atoms with Crippen LogP contribution in [0.15, 0.2) is 121 Å². The SMILES string of the molecule is CN1[CH-]N(c2[c-]c3c(cc2)-c2ccccc2B2c4ccccc4-c4ccc(-c5ccccn5)[c-]c4N23)c2ccccc21.[Pd]. The van der Waals surface area contributed by atoms with Gasteiger partial charge in [-0.1, -0.05) is 112 Å². The Balaban J connectivity index is 0.00000278. The monoisotopic (exact) mass is 641 g/mol. The summed E-state index contributed by atoms with van der Waals surface area (Å²) in [6, 6.07) is 48.7. The molecule has 0 amide bonds. The minimum absolute atomic E-state index is 0. The first-order chi connectivity index (χ1) is 20.8. The van der Waals surface area contributed by atoms with Gasteiger partial charge in [-0.25, -0.2) is 0 Å². The van der Waals surface area contributed by atoms with E-state index in [-0.39, 0.29) is 27.3 Å².